The van der Waals surface area contributed by atoms with Crippen molar-refractivity contribution in [2.75, 3.05) is 32.9 Å². The molecule has 2 fully saturated rings. The molecule has 0 aromatic heterocycles. The van der Waals surface area contributed by atoms with Gasteiger partial charge in [-0.25, -0.2) is 13.2 Å². The number of hydrogen-bond donors (Lipinski definition) is 2. The van der Waals surface area contributed by atoms with E-state index in [-0.39, 0.29) is 30.6 Å². The second kappa shape index (κ2) is 8.84. The minimum atomic E-state index is -3.36. The van der Waals surface area contributed by atoms with Gasteiger partial charge in [-0.05, 0) is 25.7 Å². The van der Waals surface area contributed by atoms with Gasteiger partial charge < -0.3 is 15.5 Å². The second-order valence-corrected chi connectivity index (χ2v) is 9.22. The van der Waals surface area contributed by atoms with Gasteiger partial charge in [0.25, 0.3) is 0 Å². The lowest BCUT2D eigenvalue weighted by Crippen LogP contribution is -2.52. The lowest BCUT2D eigenvalue weighted by Gasteiger charge is -2.33. The van der Waals surface area contributed by atoms with Crippen LogP contribution < -0.4 is 10.6 Å². The maximum Gasteiger partial charge on any atom is 0.315 e. The Morgan fingerprint density at radius 3 is 2.04 bits per heavy atom. The Morgan fingerprint density at radius 2 is 1.52 bits per heavy atom. The zero-order valence-corrected chi connectivity index (χ0v) is 16.0. The number of likely N-dealkylation sites (tertiary alicyclic amines) is 1. The molecule has 0 spiro atoms. The van der Waals surface area contributed by atoms with Crippen LogP contribution in [0.15, 0.2) is 0 Å². The molecule has 0 unspecified atom stereocenters. The number of carbonyl (C=O) groups excluding carboxylic acids is 2. The molecular formula is C16H30N4O4S. The highest BCUT2D eigenvalue weighted by Gasteiger charge is 2.26. The van der Waals surface area contributed by atoms with Gasteiger partial charge in [0.15, 0.2) is 0 Å². The highest BCUT2D eigenvalue weighted by atomic mass is 32.2. The van der Waals surface area contributed by atoms with E-state index in [9.17, 15) is 18.0 Å². The lowest BCUT2D eigenvalue weighted by atomic mass is 9.96. The van der Waals surface area contributed by atoms with E-state index in [0.717, 1.165) is 23.4 Å². The fourth-order valence-electron chi connectivity index (χ4n) is 3.34. The van der Waals surface area contributed by atoms with Crippen LogP contribution in [0.5, 0.6) is 0 Å². The van der Waals surface area contributed by atoms with Crippen molar-refractivity contribution in [3.05, 3.63) is 0 Å². The quantitative estimate of drug-likeness (QED) is 0.732. The average molecular weight is 375 g/mol. The van der Waals surface area contributed by atoms with Gasteiger partial charge in [-0.3, -0.25) is 4.79 Å². The van der Waals surface area contributed by atoms with Gasteiger partial charge in [0.05, 0.1) is 12.8 Å². The normalized spacial score (nSPS) is 20.5. The van der Waals surface area contributed by atoms with Crippen LogP contribution in [0, 0.1) is 0 Å². The van der Waals surface area contributed by atoms with Crippen LogP contribution >= 0.6 is 0 Å². The minimum absolute atomic E-state index is 0.0558. The van der Waals surface area contributed by atoms with Crippen LogP contribution in [0.25, 0.3) is 0 Å². The van der Waals surface area contributed by atoms with Crippen LogP contribution in [0.4, 0.5) is 4.79 Å². The topological polar surface area (TPSA) is 98.8 Å². The van der Waals surface area contributed by atoms with Crippen molar-refractivity contribution in [3.63, 3.8) is 0 Å². The minimum Gasteiger partial charge on any atom is -0.341 e. The van der Waals surface area contributed by atoms with Gasteiger partial charge in [0, 0.05) is 32.2 Å². The van der Waals surface area contributed by atoms with Gasteiger partial charge in [0.1, 0.15) is 0 Å². The maximum absolute atomic E-state index is 12.2. The number of piperidine rings is 1. The van der Waals surface area contributed by atoms with Crippen LogP contribution in [-0.2, 0) is 14.8 Å². The number of sulfonamides is 1. The Kier molecular flexibility index (Phi) is 7.06. The molecule has 144 valence electrons. The Labute approximate surface area is 150 Å². The monoisotopic (exact) mass is 374 g/mol. The van der Waals surface area contributed by atoms with Crippen molar-refractivity contribution < 1.29 is 18.0 Å². The molecule has 0 bridgehead atoms. The zero-order chi connectivity index (χ0) is 18.4. The summed E-state index contributed by atoms with van der Waals surface area (Å²) >= 11 is 0. The highest BCUT2D eigenvalue weighted by molar-refractivity contribution is 7.88. The van der Waals surface area contributed by atoms with Crippen molar-refractivity contribution >= 4 is 22.0 Å². The largest absolute Gasteiger partial charge is 0.341 e. The number of likely N-dealkylation sites (N-methyl/N-ethyl adjacent to an activating group) is 1. The summed E-state index contributed by atoms with van der Waals surface area (Å²) in [6.07, 6.45) is 8.16. The van der Waals surface area contributed by atoms with E-state index in [1.807, 2.05) is 0 Å². The molecule has 3 amide bonds. The molecule has 0 atom stereocenters. The summed E-state index contributed by atoms with van der Waals surface area (Å²) in [6, 6.07) is 0.218. The summed E-state index contributed by atoms with van der Waals surface area (Å²) in [5.74, 6) is -0.196. The summed E-state index contributed by atoms with van der Waals surface area (Å²) in [6.45, 7) is 0.925. The van der Waals surface area contributed by atoms with E-state index in [0.29, 0.717) is 25.9 Å². The number of urea groups is 1. The number of rotatable bonds is 5. The summed E-state index contributed by atoms with van der Waals surface area (Å²) < 4.78 is 23.8. The Bertz CT molecular complexity index is 567. The van der Waals surface area contributed by atoms with Crippen molar-refractivity contribution in [2.24, 2.45) is 0 Å². The average Bonchev–Trinajstić information content (AvgIpc) is 2.55. The molecule has 2 N–H and O–H groups in total. The molecule has 9 heteroatoms. The van der Waals surface area contributed by atoms with E-state index < -0.39 is 10.0 Å². The van der Waals surface area contributed by atoms with Gasteiger partial charge in [0.2, 0.25) is 15.9 Å². The zero-order valence-electron chi connectivity index (χ0n) is 15.2. The molecule has 1 heterocycles. The van der Waals surface area contributed by atoms with Crippen molar-refractivity contribution in [1.29, 1.82) is 0 Å². The Hall–Kier alpha value is -1.35. The molecule has 1 saturated carbocycles. The van der Waals surface area contributed by atoms with Gasteiger partial charge >= 0.3 is 6.03 Å². The lowest BCUT2D eigenvalue weighted by molar-refractivity contribution is -0.132. The van der Waals surface area contributed by atoms with Crippen molar-refractivity contribution in [3.8, 4) is 0 Å². The molecule has 2 rings (SSSR count). The van der Waals surface area contributed by atoms with Crippen LogP contribution in [-0.4, -0.2) is 74.6 Å². The summed E-state index contributed by atoms with van der Waals surface area (Å²) in [4.78, 5) is 25.9. The molecule has 1 aliphatic carbocycles. The predicted octanol–water partition coefficient (Wildman–Crippen LogP) is 0.501. The van der Waals surface area contributed by atoms with Gasteiger partial charge in [-0.1, -0.05) is 19.3 Å². The standard InChI is InChI=1S/C16H30N4O4S/c1-19(25(2,23)24)12-15(21)20-10-8-14(9-11-20)18-16(22)17-13-6-4-3-5-7-13/h13-14H,3-12H2,1-2H3,(H2,17,18,22). The van der Waals surface area contributed by atoms with Crippen molar-refractivity contribution in [2.45, 2.75) is 57.0 Å². The molecule has 8 nitrogen and oxygen atoms in total. The molecule has 0 aromatic carbocycles. The number of nitrogens with zero attached hydrogens (tertiary/aromatic N) is 2. The number of amides is 3. The van der Waals surface area contributed by atoms with Crippen molar-refractivity contribution in [1.82, 2.24) is 19.8 Å². The number of hydrogen-bond acceptors (Lipinski definition) is 4. The van der Waals surface area contributed by atoms with Crippen LogP contribution in [0.1, 0.15) is 44.9 Å². The molecule has 1 saturated heterocycles. The van der Waals surface area contributed by atoms with E-state index in [4.69, 9.17) is 0 Å². The SMILES string of the molecule is CN(CC(=O)N1CCC(NC(=O)NC2CCCCC2)CC1)S(C)(=O)=O. The Balaban J connectivity index is 1.70. The van der Waals surface area contributed by atoms with Gasteiger partial charge in [-0.15, -0.1) is 0 Å². The molecule has 0 aromatic rings. The summed E-state index contributed by atoms with van der Waals surface area (Å²) in [5, 5.41) is 6.04. The first-order valence-corrected chi connectivity index (χ1v) is 10.9. The third kappa shape index (κ3) is 6.47. The molecule has 1 aliphatic heterocycles. The number of carbonyl (C=O) groups is 2. The first kappa shape index (κ1) is 20.0. The Morgan fingerprint density at radius 1 is 1.00 bits per heavy atom. The fraction of sp³-hybridized carbons (Fsp3) is 0.875. The van der Waals surface area contributed by atoms with E-state index in [1.54, 1.807) is 4.90 Å². The molecule has 2 aliphatic rings. The van der Waals surface area contributed by atoms with E-state index >= 15 is 0 Å². The first-order valence-electron chi connectivity index (χ1n) is 9.02. The van der Waals surface area contributed by atoms with Crippen LogP contribution in [0.2, 0.25) is 0 Å². The van der Waals surface area contributed by atoms with Gasteiger partial charge in [-0.2, -0.15) is 4.31 Å². The molecular weight excluding hydrogens is 344 g/mol. The third-order valence-corrected chi connectivity index (χ3v) is 6.31. The smallest absolute Gasteiger partial charge is 0.315 e. The summed E-state index contributed by atoms with van der Waals surface area (Å²) in [7, 11) is -1.96. The fourth-order valence-corrected chi connectivity index (χ4v) is 3.69. The second-order valence-electron chi connectivity index (χ2n) is 7.13. The highest BCUT2D eigenvalue weighted by Crippen LogP contribution is 2.17. The summed E-state index contributed by atoms with van der Waals surface area (Å²) in [5.41, 5.74) is 0. The number of nitrogens with one attached hydrogen (secondary N) is 2. The maximum atomic E-state index is 12.2. The van der Waals surface area contributed by atoms with Crippen LogP contribution in [0.3, 0.4) is 0 Å². The van der Waals surface area contributed by atoms with E-state index in [1.165, 1.54) is 26.3 Å². The van der Waals surface area contributed by atoms with E-state index in [2.05, 4.69) is 10.6 Å². The first-order chi connectivity index (χ1) is 11.8. The third-order valence-electron chi connectivity index (χ3n) is 5.05. The molecule has 0 radical (unpaired) electrons. The predicted molar refractivity (Wildman–Crippen MR) is 95.6 cm³/mol. The molecule has 25 heavy (non-hydrogen) atoms.